The molecule has 0 aromatic rings. The second-order valence-electron chi connectivity index (χ2n) is 4.33. The fourth-order valence-corrected chi connectivity index (χ4v) is 2.08. The number of piperidine rings is 1. The minimum Gasteiger partial charge on any atom is -0.369 e. The van der Waals surface area contributed by atoms with E-state index in [-0.39, 0.29) is 11.8 Å². The van der Waals surface area contributed by atoms with Crippen molar-refractivity contribution in [1.82, 2.24) is 10.2 Å². The first-order chi connectivity index (χ1) is 7.24. The predicted molar refractivity (Wildman–Crippen MR) is 61.5 cm³/mol. The molecule has 1 fully saturated rings. The Bertz CT molecular complexity index is 188. The van der Waals surface area contributed by atoms with Crippen LogP contribution in [-0.4, -0.2) is 44.0 Å². The quantitative estimate of drug-likeness (QED) is 0.619. The van der Waals surface area contributed by atoms with E-state index in [1.54, 1.807) is 0 Å². The molecule has 0 bridgehead atoms. The molecule has 0 saturated carbocycles. The summed E-state index contributed by atoms with van der Waals surface area (Å²) in [6, 6.07) is 0. The summed E-state index contributed by atoms with van der Waals surface area (Å²) >= 11 is 0. The molecule has 0 atom stereocenters. The molecular weight excluding hydrogens is 190 g/mol. The highest BCUT2D eigenvalue weighted by Crippen LogP contribution is 2.16. The molecule has 1 amide bonds. The Morgan fingerprint density at radius 1 is 1.40 bits per heavy atom. The molecule has 1 saturated heterocycles. The largest absolute Gasteiger partial charge is 0.369 e. The van der Waals surface area contributed by atoms with Gasteiger partial charge in [-0.1, -0.05) is 0 Å². The van der Waals surface area contributed by atoms with E-state index in [0.717, 1.165) is 39.0 Å². The summed E-state index contributed by atoms with van der Waals surface area (Å²) in [6.07, 6.45) is 4.36. The molecule has 4 heteroatoms. The van der Waals surface area contributed by atoms with E-state index in [0.29, 0.717) is 0 Å². The average Bonchev–Trinajstić information content (AvgIpc) is 2.25. The van der Waals surface area contributed by atoms with E-state index in [9.17, 15) is 4.79 Å². The Kier molecular flexibility index (Phi) is 5.65. The van der Waals surface area contributed by atoms with Crippen LogP contribution in [0, 0.1) is 5.92 Å². The van der Waals surface area contributed by atoms with Crippen molar-refractivity contribution in [1.29, 1.82) is 0 Å². The number of unbranched alkanes of at least 4 members (excludes halogenated alkanes) is 1. The SMILES string of the molecule is CNCCCCN1CCC(C(N)=O)CC1. The lowest BCUT2D eigenvalue weighted by Crippen LogP contribution is -2.39. The van der Waals surface area contributed by atoms with Gasteiger partial charge in [0, 0.05) is 5.92 Å². The Balaban J connectivity index is 2.07. The molecule has 1 heterocycles. The van der Waals surface area contributed by atoms with Crippen molar-refractivity contribution in [2.24, 2.45) is 11.7 Å². The van der Waals surface area contributed by atoms with Crippen LogP contribution in [0.3, 0.4) is 0 Å². The lowest BCUT2D eigenvalue weighted by atomic mass is 9.96. The molecule has 1 aliphatic rings. The first-order valence-corrected chi connectivity index (χ1v) is 5.90. The van der Waals surface area contributed by atoms with Crippen molar-refractivity contribution in [3.63, 3.8) is 0 Å². The summed E-state index contributed by atoms with van der Waals surface area (Å²) in [5.74, 6) is 0.00314. The topological polar surface area (TPSA) is 58.4 Å². The predicted octanol–water partition coefficient (Wildman–Crippen LogP) is 0.183. The Labute approximate surface area is 92.2 Å². The van der Waals surface area contributed by atoms with Crippen molar-refractivity contribution >= 4 is 5.91 Å². The number of carbonyl (C=O) groups excluding carboxylic acids is 1. The van der Waals surface area contributed by atoms with Crippen molar-refractivity contribution in [2.45, 2.75) is 25.7 Å². The lowest BCUT2D eigenvalue weighted by Gasteiger charge is -2.30. The van der Waals surface area contributed by atoms with Crippen LogP contribution in [0.2, 0.25) is 0 Å². The third-order valence-corrected chi connectivity index (χ3v) is 3.14. The van der Waals surface area contributed by atoms with E-state index in [2.05, 4.69) is 10.2 Å². The number of nitrogens with two attached hydrogens (primary N) is 1. The normalized spacial score (nSPS) is 19.3. The number of hydrogen-bond donors (Lipinski definition) is 2. The summed E-state index contributed by atoms with van der Waals surface area (Å²) in [7, 11) is 1.98. The van der Waals surface area contributed by atoms with Crippen LogP contribution in [0.15, 0.2) is 0 Å². The molecule has 0 aromatic carbocycles. The number of primary amides is 1. The molecule has 0 aromatic heterocycles. The highest BCUT2D eigenvalue weighted by Gasteiger charge is 2.22. The number of rotatable bonds is 6. The van der Waals surface area contributed by atoms with Crippen LogP contribution in [0.25, 0.3) is 0 Å². The van der Waals surface area contributed by atoms with E-state index in [1.807, 2.05) is 7.05 Å². The Morgan fingerprint density at radius 3 is 2.60 bits per heavy atom. The monoisotopic (exact) mass is 213 g/mol. The zero-order chi connectivity index (χ0) is 11.1. The van der Waals surface area contributed by atoms with Crippen molar-refractivity contribution in [3.8, 4) is 0 Å². The minimum absolute atomic E-state index is 0.121. The summed E-state index contributed by atoms with van der Waals surface area (Å²) in [6.45, 7) is 4.32. The number of carbonyl (C=O) groups is 1. The Morgan fingerprint density at radius 2 is 2.07 bits per heavy atom. The average molecular weight is 213 g/mol. The molecule has 1 aliphatic heterocycles. The molecule has 88 valence electrons. The third kappa shape index (κ3) is 4.62. The van der Waals surface area contributed by atoms with Crippen LogP contribution < -0.4 is 11.1 Å². The maximum absolute atomic E-state index is 11.0. The second-order valence-corrected chi connectivity index (χ2v) is 4.33. The standard InChI is InChI=1S/C11H23N3O/c1-13-6-2-3-7-14-8-4-10(5-9-14)11(12)15/h10,13H,2-9H2,1H3,(H2,12,15). The molecular formula is C11H23N3O. The van der Waals surface area contributed by atoms with Gasteiger partial charge in [0.1, 0.15) is 0 Å². The van der Waals surface area contributed by atoms with Crippen molar-refractivity contribution in [2.75, 3.05) is 33.2 Å². The zero-order valence-corrected chi connectivity index (χ0v) is 9.67. The highest BCUT2D eigenvalue weighted by molar-refractivity contribution is 5.76. The van der Waals surface area contributed by atoms with Gasteiger partial charge in [0.2, 0.25) is 5.91 Å². The molecule has 0 unspecified atom stereocenters. The molecule has 15 heavy (non-hydrogen) atoms. The fraction of sp³-hybridized carbons (Fsp3) is 0.909. The smallest absolute Gasteiger partial charge is 0.220 e. The van der Waals surface area contributed by atoms with Crippen LogP contribution in [-0.2, 0) is 4.79 Å². The number of nitrogens with one attached hydrogen (secondary N) is 1. The van der Waals surface area contributed by atoms with Gasteiger partial charge in [-0.2, -0.15) is 0 Å². The number of hydrogen-bond acceptors (Lipinski definition) is 3. The van der Waals surface area contributed by atoms with E-state index >= 15 is 0 Å². The maximum Gasteiger partial charge on any atom is 0.220 e. The first kappa shape index (κ1) is 12.5. The highest BCUT2D eigenvalue weighted by atomic mass is 16.1. The fourth-order valence-electron chi connectivity index (χ4n) is 2.08. The van der Waals surface area contributed by atoms with Gasteiger partial charge in [-0.25, -0.2) is 0 Å². The molecule has 0 aliphatic carbocycles. The molecule has 4 nitrogen and oxygen atoms in total. The molecule has 0 spiro atoms. The number of nitrogens with zero attached hydrogens (tertiary/aromatic N) is 1. The van der Waals surface area contributed by atoms with E-state index < -0.39 is 0 Å². The summed E-state index contributed by atoms with van der Waals surface area (Å²) in [5, 5.41) is 3.15. The number of amides is 1. The number of likely N-dealkylation sites (tertiary alicyclic amines) is 1. The van der Waals surface area contributed by atoms with Crippen molar-refractivity contribution in [3.05, 3.63) is 0 Å². The second kappa shape index (κ2) is 6.80. The van der Waals surface area contributed by atoms with Gasteiger partial charge in [0.05, 0.1) is 0 Å². The summed E-state index contributed by atoms with van der Waals surface area (Å²) in [5.41, 5.74) is 5.29. The maximum atomic E-state index is 11.0. The summed E-state index contributed by atoms with van der Waals surface area (Å²) in [4.78, 5) is 13.4. The van der Waals surface area contributed by atoms with E-state index in [4.69, 9.17) is 5.73 Å². The first-order valence-electron chi connectivity index (χ1n) is 5.90. The van der Waals surface area contributed by atoms with Gasteiger partial charge in [0.15, 0.2) is 0 Å². The van der Waals surface area contributed by atoms with Gasteiger partial charge < -0.3 is 16.0 Å². The van der Waals surface area contributed by atoms with Crippen LogP contribution >= 0.6 is 0 Å². The third-order valence-electron chi connectivity index (χ3n) is 3.14. The van der Waals surface area contributed by atoms with Gasteiger partial charge in [0.25, 0.3) is 0 Å². The van der Waals surface area contributed by atoms with Gasteiger partial charge >= 0.3 is 0 Å². The minimum atomic E-state index is -0.121. The molecule has 0 radical (unpaired) electrons. The van der Waals surface area contributed by atoms with Crippen LogP contribution in [0.1, 0.15) is 25.7 Å². The molecule has 3 N–H and O–H groups in total. The van der Waals surface area contributed by atoms with E-state index in [1.165, 1.54) is 12.8 Å². The zero-order valence-electron chi connectivity index (χ0n) is 9.67. The lowest BCUT2D eigenvalue weighted by molar-refractivity contribution is -0.123. The van der Waals surface area contributed by atoms with Crippen molar-refractivity contribution < 1.29 is 4.79 Å². The van der Waals surface area contributed by atoms with Gasteiger partial charge in [-0.15, -0.1) is 0 Å². The van der Waals surface area contributed by atoms with Gasteiger partial charge in [-0.05, 0) is 58.9 Å². The summed E-state index contributed by atoms with van der Waals surface area (Å²) < 4.78 is 0. The van der Waals surface area contributed by atoms with Gasteiger partial charge in [-0.3, -0.25) is 4.79 Å². The Hall–Kier alpha value is -0.610. The van der Waals surface area contributed by atoms with Crippen LogP contribution in [0.4, 0.5) is 0 Å². The van der Waals surface area contributed by atoms with Crippen LogP contribution in [0.5, 0.6) is 0 Å². The molecule has 1 rings (SSSR count).